The predicted octanol–water partition coefficient (Wildman–Crippen LogP) is 6.63. The molecule has 3 aromatic carbocycles. The standard InChI is InChI=1S/C31H34N2O5.C4H8O/c1-4-5-19-32-27(12-8-9-22-14-17-26(18-15-22)38-31(2,3)29(35)36)28(34)33(30(32)37)21-23-13-16-24-10-6-7-11-25(24)20-23;1-3-4-5-2/h4-7,10-11,13-18,20,27H,8-9,12,19,21H2,1-3H3,(H,35,36);3H,1,4H2,2H3/b5-4+;. The van der Waals surface area contributed by atoms with Gasteiger partial charge < -0.3 is 19.5 Å². The molecule has 0 radical (unpaired) electrons. The van der Waals surface area contributed by atoms with Crippen molar-refractivity contribution in [3.63, 3.8) is 0 Å². The quantitative estimate of drug-likeness (QED) is 0.178. The average Bonchev–Trinajstić information content (AvgIpc) is 3.21. The van der Waals surface area contributed by atoms with Crippen molar-refractivity contribution in [2.75, 3.05) is 20.3 Å². The van der Waals surface area contributed by atoms with Crippen LogP contribution >= 0.6 is 0 Å². The number of hydrogen-bond acceptors (Lipinski definition) is 5. The molecule has 1 fully saturated rings. The van der Waals surface area contributed by atoms with Crippen molar-refractivity contribution in [1.29, 1.82) is 0 Å². The highest BCUT2D eigenvalue weighted by molar-refractivity contribution is 6.04. The summed E-state index contributed by atoms with van der Waals surface area (Å²) in [5, 5.41) is 11.4. The van der Waals surface area contributed by atoms with Gasteiger partial charge in [-0.25, -0.2) is 9.59 Å². The number of amides is 3. The van der Waals surface area contributed by atoms with Crippen LogP contribution in [0.25, 0.3) is 10.8 Å². The number of hydrogen-bond donors (Lipinski definition) is 1. The van der Waals surface area contributed by atoms with Crippen LogP contribution in [0.5, 0.6) is 5.75 Å². The number of benzene rings is 3. The second-order valence-electron chi connectivity index (χ2n) is 10.8. The smallest absolute Gasteiger partial charge is 0.347 e. The molecule has 1 atom stereocenters. The number of imide groups is 1. The zero-order valence-electron chi connectivity index (χ0n) is 25.5. The molecular formula is C35H42N2O6. The van der Waals surface area contributed by atoms with Crippen molar-refractivity contribution < 1.29 is 29.0 Å². The highest BCUT2D eigenvalue weighted by Gasteiger charge is 2.43. The van der Waals surface area contributed by atoms with E-state index in [1.807, 2.05) is 73.7 Å². The van der Waals surface area contributed by atoms with Gasteiger partial charge in [-0.05, 0) is 80.1 Å². The lowest BCUT2D eigenvalue weighted by Gasteiger charge is -2.21. The van der Waals surface area contributed by atoms with Crippen LogP contribution < -0.4 is 4.74 Å². The Hall–Kier alpha value is -4.43. The van der Waals surface area contributed by atoms with Crippen molar-refractivity contribution in [2.24, 2.45) is 0 Å². The first-order valence-corrected chi connectivity index (χ1v) is 14.4. The fourth-order valence-corrected chi connectivity index (χ4v) is 4.74. The number of aliphatic carboxylic acids is 1. The summed E-state index contributed by atoms with van der Waals surface area (Å²) in [4.78, 5) is 41.0. The number of carboxylic acid groups (broad SMARTS) is 1. The summed E-state index contributed by atoms with van der Waals surface area (Å²) in [5.74, 6) is -0.707. The number of carbonyl (C=O) groups is 3. The number of methoxy groups -OCH3 is 1. The van der Waals surface area contributed by atoms with Gasteiger partial charge in [0.05, 0.1) is 13.2 Å². The molecule has 0 bridgehead atoms. The molecule has 0 aliphatic carbocycles. The maximum Gasteiger partial charge on any atom is 0.347 e. The van der Waals surface area contributed by atoms with Crippen LogP contribution in [0.15, 0.2) is 91.5 Å². The monoisotopic (exact) mass is 586 g/mol. The number of allylic oxidation sites excluding steroid dienone is 1. The largest absolute Gasteiger partial charge is 0.478 e. The molecule has 0 saturated carbocycles. The Morgan fingerprint density at radius 3 is 2.30 bits per heavy atom. The fraction of sp³-hybridized carbons (Fsp3) is 0.343. The number of fused-ring (bicyclic) bond motifs is 1. The number of rotatable bonds is 13. The molecule has 1 aliphatic heterocycles. The van der Waals surface area contributed by atoms with E-state index < -0.39 is 17.6 Å². The van der Waals surface area contributed by atoms with E-state index in [1.54, 1.807) is 30.2 Å². The Morgan fingerprint density at radius 1 is 1.02 bits per heavy atom. The van der Waals surface area contributed by atoms with Crippen LogP contribution in [0.2, 0.25) is 0 Å². The van der Waals surface area contributed by atoms with E-state index in [4.69, 9.17) is 4.74 Å². The van der Waals surface area contributed by atoms with Crippen LogP contribution in [-0.2, 0) is 27.3 Å². The Kier molecular flexibility index (Phi) is 12.1. The summed E-state index contributed by atoms with van der Waals surface area (Å²) in [6.07, 6.45) is 7.50. The molecule has 0 aromatic heterocycles. The van der Waals surface area contributed by atoms with Gasteiger partial charge in [0.1, 0.15) is 11.8 Å². The predicted molar refractivity (Wildman–Crippen MR) is 169 cm³/mol. The molecule has 1 heterocycles. The summed E-state index contributed by atoms with van der Waals surface area (Å²) in [7, 11) is 1.64. The first-order valence-electron chi connectivity index (χ1n) is 14.4. The Balaban J connectivity index is 0.000000934. The maximum atomic E-state index is 13.4. The van der Waals surface area contributed by atoms with E-state index in [1.165, 1.54) is 18.7 Å². The van der Waals surface area contributed by atoms with Crippen LogP contribution in [0.4, 0.5) is 4.79 Å². The van der Waals surface area contributed by atoms with Gasteiger partial charge in [-0.2, -0.15) is 0 Å². The molecule has 3 aromatic rings. The van der Waals surface area contributed by atoms with E-state index in [0.29, 0.717) is 25.3 Å². The van der Waals surface area contributed by atoms with Gasteiger partial charge in [-0.1, -0.05) is 66.8 Å². The van der Waals surface area contributed by atoms with Crippen molar-refractivity contribution in [3.8, 4) is 5.75 Å². The fourth-order valence-electron chi connectivity index (χ4n) is 4.74. The van der Waals surface area contributed by atoms with E-state index >= 15 is 0 Å². The van der Waals surface area contributed by atoms with E-state index in [0.717, 1.165) is 34.7 Å². The van der Waals surface area contributed by atoms with Gasteiger partial charge >= 0.3 is 12.0 Å². The second-order valence-corrected chi connectivity index (χ2v) is 10.8. The lowest BCUT2D eigenvalue weighted by Crippen LogP contribution is -2.37. The molecule has 3 amide bonds. The molecule has 43 heavy (non-hydrogen) atoms. The van der Waals surface area contributed by atoms with Crippen molar-refractivity contribution in [2.45, 2.75) is 58.2 Å². The molecule has 0 spiro atoms. The van der Waals surface area contributed by atoms with E-state index in [9.17, 15) is 19.5 Å². The highest BCUT2D eigenvalue weighted by atomic mass is 16.5. The van der Waals surface area contributed by atoms with Crippen molar-refractivity contribution >= 4 is 28.7 Å². The van der Waals surface area contributed by atoms with E-state index in [2.05, 4.69) is 11.3 Å². The van der Waals surface area contributed by atoms with Crippen LogP contribution in [0.3, 0.4) is 0 Å². The summed E-state index contributed by atoms with van der Waals surface area (Å²) in [5.41, 5.74) is 0.659. The lowest BCUT2D eigenvalue weighted by molar-refractivity contribution is -0.152. The third-order valence-electron chi connectivity index (χ3n) is 7.14. The minimum absolute atomic E-state index is 0.160. The Bertz CT molecular complexity index is 1430. The van der Waals surface area contributed by atoms with Crippen LogP contribution in [-0.4, -0.2) is 64.7 Å². The second kappa shape index (κ2) is 15.7. The molecule has 1 N–H and O–H groups in total. The number of urea groups is 1. The normalized spacial score (nSPS) is 15.1. The Labute approximate surface area is 254 Å². The highest BCUT2D eigenvalue weighted by Crippen LogP contribution is 2.26. The molecule has 4 rings (SSSR count). The minimum atomic E-state index is -1.31. The Morgan fingerprint density at radius 2 is 1.70 bits per heavy atom. The number of aryl methyl sites for hydroxylation is 1. The lowest BCUT2D eigenvalue weighted by atomic mass is 10.0. The SMILES string of the molecule is C/C=C/CN1C(=O)N(Cc2ccc3ccccc3c2)C(=O)C1CCCc1ccc(OC(C)(C)C(=O)O)cc1.C=CCOC. The third kappa shape index (κ3) is 9.03. The molecule has 228 valence electrons. The van der Waals surface area contributed by atoms with Crippen LogP contribution in [0, 0.1) is 0 Å². The van der Waals surface area contributed by atoms with Gasteiger partial charge in [0.15, 0.2) is 5.60 Å². The summed E-state index contributed by atoms with van der Waals surface area (Å²) >= 11 is 0. The first-order chi connectivity index (χ1) is 20.6. The minimum Gasteiger partial charge on any atom is -0.478 e. The molecule has 1 saturated heterocycles. The molecule has 1 aliphatic rings. The van der Waals surface area contributed by atoms with Crippen LogP contribution in [0.1, 0.15) is 44.7 Å². The molecular weight excluding hydrogens is 544 g/mol. The van der Waals surface area contributed by atoms with Crippen molar-refractivity contribution in [3.05, 3.63) is 103 Å². The topological polar surface area (TPSA) is 96.4 Å². The molecule has 8 nitrogen and oxygen atoms in total. The zero-order valence-corrected chi connectivity index (χ0v) is 25.5. The van der Waals surface area contributed by atoms with Gasteiger partial charge in [0.25, 0.3) is 5.91 Å². The van der Waals surface area contributed by atoms with E-state index in [-0.39, 0.29) is 18.5 Å². The van der Waals surface area contributed by atoms with Gasteiger partial charge in [0.2, 0.25) is 0 Å². The van der Waals surface area contributed by atoms with Gasteiger partial charge in [-0.15, -0.1) is 6.58 Å². The summed E-state index contributed by atoms with van der Waals surface area (Å²) in [6.45, 7) is 9.63. The molecule has 1 unspecified atom stereocenters. The number of ether oxygens (including phenoxy) is 2. The number of carboxylic acids is 1. The summed E-state index contributed by atoms with van der Waals surface area (Å²) in [6, 6.07) is 20.6. The summed E-state index contributed by atoms with van der Waals surface area (Å²) < 4.78 is 10.1. The first kappa shape index (κ1) is 33.1. The van der Waals surface area contributed by atoms with Crippen molar-refractivity contribution in [1.82, 2.24) is 9.80 Å². The third-order valence-corrected chi connectivity index (χ3v) is 7.14. The maximum absolute atomic E-state index is 13.4. The number of nitrogens with zero attached hydrogens (tertiary/aromatic N) is 2. The van der Waals surface area contributed by atoms with Gasteiger partial charge in [-0.3, -0.25) is 9.69 Å². The number of carbonyl (C=O) groups excluding carboxylic acids is 2. The molecule has 8 heteroatoms. The zero-order chi connectivity index (χ0) is 31.4. The average molecular weight is 587 g/mol. The van der Waals surface area contributed by atoms with Gasteiger partial charge in [0, 0.05) is 13.7 Å².